The number of pyridine rings is 1. The molecule has 1 aliphatic rings. The summed E-state index contributed by atoms with van der Waals surface area (Å²) >= 11 is 5.84. The highest BCUT2D eigenvalue weighted by Crippen LogP contribution is 2.14. The Hall–Kier alpha value is -2.66. The first kappa shape index (κ1) is 18.1. The lowest BCUT2D eigenvalue weighted by atomic mass is 10.0. The van der Waals surface area contributed by atoms with Crippen LogP contribution in [0.25, 0.3) is 6.08 Å². The Bertz CT molecular complexity index is 782. The predicted molar refractivity (Wildman–Crippen MR) is 102 cm³/mol. The third-order valence-electron chi connectivity index (χ3n) is 4.33. The fourth-order valence-electron chi connectivity index (χ4n) is 2.89. The normalized spacial score (nSPS) is 15.2. The van der Waals surface area contributed by atoms with E-state index in [-0.39, 0.29) is 17.9 Å². The Morgan fingerprint density at radius 3 is 2.54 bits per heavy atom. The van der Waals surface area contributed by atoms with Gasteiger partial charge >= 0.3 is 0 Å². The summed E-state index contributed by atoms with van der Waals surface area (Å²) in [6.45, 7) is 1.25. The highest BCUT2D eigenvalue weighted by atomic mass is 35.5. The van der Waals surface area contributed by atoms with Gasteiger partial charge in [0.1, 0.15) is 0 Å². The Morgan fingerprint density at radius 2 is 1.88 bits per heavy atom. The molecule has 2 heterocycles. The summed E-state index contributed by atoms with van der Waals surface area (Å²) in [5.74, 6) is -0.137. The predicted octanol–water partition coefficient (Wildman–Crippen LogP) is 3.17. The Kier molecular flexibility index (Phi) is 6.02. The van der Waals surface area contributed by atoms with Gasteiger partial charge in [-0.3, -0.25) is 14.6 Å². The maximum absolute atomic E-state index is 12.4. The van der Waals surface area contributed by atoms with Crippen molar-refractivity contribution in [2.24, 2.45) is 0 Å². The van der Waals surface area contributed by atoms with Crippen molar-refractivity contribution in [3.05, 3.63) is 71.0 Å². The van der Waals surface area contributed by atoms with Gasteiger partial charge in [0, 0.05) is 42.6 Å². The zero-order valence-corrected chi connectivity index (χ0v) is 15.0. The average molecular weight is 370 g/mol. The van der Waals surface area contributed by atoms with Gasteiger partial charge in [-0.2, -0.15) is 0 Å². The Balaban J connectivity index is 1.47. The minimum atomic E-state index is -0.128. The SMILES string of the molecule is O=C(/C=C/c1ccc(Cl)cc1)NC1CCN(C(=O)c2cccnc2)CC1. The summed E-state index contributed by atoms with van der Waals surface area (Å²) in [6.07, 6.45) is 8.00. The molecule has 3 rings (SSSR count). The number of nitrogens with zero attached hydrogens (tertiary/aromatic N) is 2. The largest absolute Gasteiger partial charge is 0.350 e. The second kappa shape index (κ2) is 8.63. The topological polar surface area (TPSA) is 62.3 Å². The molecular weight excluding hydrogens is 350 g/mol. The molecule has 1 fully saturated rings. The second-order valence-corrected chi connectivity index (χ2v) is 6.64. The van der Waals surface area contributed by atoms with Gasteiger partial charge in [0.05, 0.1) is 5.56 Å². The van der Waals surface area contributed by atoms with Gasteiger partial charge in [0.2, 0.25) is 5.91 Å². The van der Waals surface area contributed by atoms with Crippen molar-refractivity contribution < 1.29 is 9.59 Å². The summed E-state index contributed by atoms with van der Waals surface area (Å²) in [7, 11) is 0. The molecule has 26 heavy (non-hydrogen) atoms. The maximum atomic E-state index is 12.4. The quantitative estimate of drug-likeness (QED) is 0.842. The number of nitrogens with one attached hydrogen (secondary N) is 1. The standard InChI is InChI=1S/C20H20ClN3O2/c21-17-6-3-15(4-7-17)5-8-19(25)23-18-9-12-24(13-10-18)20(26)16-2-1-11-22-14-16/h1-8,11,14,18H,9-10,12-13H2,(H,23,25)/b8-5+. The van der Waals surface area contributed by atoms with Crippen molar-refractivity contribution in [2.75, 3.05) is 13.1 Å². The molecule has 0 aliphatic carbocycles. The molecular formula is C20H20ClN3O2. The molecule has 6 heteroatoms. The zero-order valence-electron chi connectivity index (χ0n) is 14.3. The number of piperidine rings is 1. The summed E-state index contributed by atoms with van der Waals surface area (Å²) in [6, 6.07) is 10.9. The number of rotatable bonds is 4. The molecule has 0 unspecified atom stereocenters. The monoisotopic (exact) mass is 369 g/mol. The highest BCUT2D eigenvalue weighted by Gasteiger charge is 2.24. The lowest BCUT2D eigenvalue weighted by Gasteiger charge is -2.32. The van der Waals surface area contributed by atoms with Gasteiger partial charge < -0.3 is 10.2 Å². The third kappa shape index (κ3) is 4.92. The number of likely N-dealkylation sites (tertiary alicyclic amines) is 1. The lowest BCUT2D eigenvalue weighted by molar-refractivity contribution is -0.117. The van der Waals surface area contributed by atoms with Crippen molar-refractivity contribution >= 4 is 29.5 Å². The minimum absolute atomic E-state index is 0.00879. The van der Waals surface area contributed by atoms with E-state index in [2.05, 4.69) is 10.3 Å². The smallest absolute Gasteiger partial charge is 0.255 e. The second-order valence-electron chi connectivity index (χ2n) is 6.20. The number of halogens is 1. The van der Waals surface area contributed by atoms with Crippen LogP contribution in [0, 0.1) is 0 Å². The van der Waals surface area contributed by atoms with Crippen LogP contribution in [0.4, 0.5) is 0 Å². The molecule has 134 valence electrons. The third-order valence-corrected chi connectivity index (χ3v) is 4.59. The summed E-state index contributed by atoms with van der Waals surface area (Å²) in [5, 5.41) is 3.66. The van der Waals surface area contributed by atoms with Crippen LogP contribution in [-0.2, 0) is 4.79 Å². The van der Waals surface area contributed by atoms with Gasteiger partial charge in [-0.05, 0) is 48.7 Å². The van der Waals surface area contributed by atoms with Crippen molar-refractivity contribution in [1.29, 1.82) is 0 Å². The first-order valence-corrected chi connectivity index (χ1v) is 8.93. The lowest BCUT2D eigenvalue weighted by Crippen LogP contribution is -2.46. The molecule has 0 bridgehead atoms. The van der Waals surface area contributed by atoms with E-state index in [1.165, 1.54) is 6.08 Å². The minimum Gasteiger partial charge on any atom is -0.350 e. The van der Waals surface area contributed by atoms with E-state index in [4.69, 9.17) is 11.6 Å². The van der Waals surface area contributed by atoms with Crippen LogP contribution in [0.3, 0.4) is 0 Å². The number of aromatic nitrogens is 1. The van der Waals surface area contributed by atoms with Gasteiger partial charge in [-0.1, -0.05) is 23.7 Å². The van der Waals surface area contributed by atoms with E-state index in [0.29, 0.717) is 23.7 Å². The van der Waals surface area contributed by atoms with Crippen LogP contribution < -0.4 is 5.32 Å². The van der Waals surface area contributed by atoms with Gasteiger partial charge in [-0.25, -0.2) is 0 Å². The van der Waals surface area contributed by atoms with Crippen molar-refractivity contribution in [3.63, 3.8) is 0 Å². The Morgan fingerprint density at radius 1 is 1.15 bits per heavy atom. The van der Waals surface area contributed by atoms with Crippen LogP contribution in [0.5, 0.6) is 0 Å². The van der Waals surface area contributed by atoms with E-state index in [0.717, 1.165) is 18.4 Å². The number of hydrogen-bond acceptors (Lipinski definition) is 3. The molecule has 5 nitrogen and oxygen atoms in total. The molecule has 0 saturated carbocycles. The van der Waals surface area contributed by atoms with Crippen molar-refractivity contribution in [1.82, 2.24) is 15.2 Å². The first-order valence-electron chi connectivity index (χ1n) is 8.55. The zero-order chi connectivity index (χ0) is 18.4. The molecule has 1 N–H and O–H groups in total. The molecule has 1 aromatic carbocycles. The molecule has 0 radical (unpaired) electrons. The van der Waals surface area contributed by atoms with Gasteiger partial charge in [0.15, 0.2) is 0 Å². The van der Waals surface area contributed by atoms with Crippen molar-refractivity contribution in [3.8, 4) is 0 Å². The van der Waals surface area contributed by atoms with Crippen LogP contribution in [0.1, 0.15) is 28.8 Å². The van der Waals surface area contributed by atoms with E-state index < -0.39 is 0 Å². The molecule has 0 spiro atoms. The van der Waals surface area contributed by atoms with E-state index in [9.17, 15) is 9.59 Å². The van der Waals surface area contributed by atoms with Gasteiger partial charge in [-0.15, -0.1) is 0 Å². The number of carbonyl (C=O) groups excluding carboxylic acids is 2. The Labute approximate surface area is 157 Å². The maximum Gasteiger partial charge on any atom is 0.255 e. The molecule has 1 saturated heterocycles. The number of amides is 2. The average Bonchev–Trinajstić information content (AvgIpc) is 2.68. The number of hydrogen-bond donors (Lipinski definition) is 1. The molecule has 2 amide bonds. The van der Waals surface area contributed by atoms with Crippen molar-refractivity contribution in [2.45, 2.75) is 18.9 Å². The van der Waals surface area contributed by atoms with Gasteiger partial charge in [0.25, 0.3) is 5.91 Å². The molecule has 1 aliphatic heterocycles. The molecule has 0 atom stereocenters. The number of carbonyl (C=O) groups is 2. The highest BCUT2D eigenvalue weighted by molar-refractivity contribution is 6.30. The summed E-state index contributed by atoms with van der Waals surface area (Å²) in [5.41, 5.74) is 1.52. The first-order chi connectivity index (χ1) is 12.6. The fraction of sp³-hybridized carbons (Fsp3) is 0.250. The van der Waals surface area contributed by atoms with E-state index >= 15 is 0 Å². The number of benzene rings is 1. The molecule has 2 aromatic rings. The van der Waals surface area contributed by atoms with Crippen LogP contribution in [0.15, 0.2) is 54.9 Å². The summed E-state index contributed by atoms with van der Waals surface area (Å²) < 4.78 is 0. The summed E-state index contributed by atoms with van der Waals surface area (Å²) in [4.78, 5) is 30.3. The fourth-order valence-corrected chi connectivity index (χ4v) is 3.02. The van der Waals surface area contributed by atoms with E-state index in [1.54, 1.807) is 42.7 Å². The van der Waals surface area contributed by atoms with E-state index in [1.807, 2.05) is 17.0 Å². The van der Waals surface area contributed by atoms with Crippen LogP contribution in [0.2, 0.25) is 5.02 Å². The van der Waals surface area contributed by atoms with Crippen LogP contribution >= 0.6 is 11.6 Å². The van der Waals surface area contributed by atoms with Crippen LogP contribution in [-0.4, -0.2) is 40.8 Å². The molecule has 1 aromatic heterocycles.